The number of aliphatic carboxylic acids is 1. The molecule has 1 fully saturated rings. The van der Waals surface area contributed by atoms with Crippen molar-refractivity contribution in [3.05, 3.63) is 47.5 Å². The van der Waals surface area contributed by atoms with Crippen LogP contribution < -0.4 is 19.5 Å². The SMILES string of the molecule is O=C(O)C[C@@H]1C[C@@H]2c3cc(NC(=O)c4ccc5c(c4)OCO5)ccc3O[C@@H]2[C@@H](CO)O1. The first-order chi connectivity index (χ1) is 15.0. The van der Waals surface area contributed by atoms with Crippen LogP contribution in [0.4, 0.5) is 5.69 Å². The molecule has 0 spiro atoms. The van der Waals surface area contributed by atoms with Crippen LogP contribution in [0.2, 0.25) is 0 Å². The van der Waals surface area contributed by atoms with Crippen molar-refractivity contribution in [3.63, 3.8) is 0 Å². The van der Waals surface area contributed by atoms with Crippen molar-refractivity contribution in [2.45, 2.75) is 37.1 Å². The van der Waals surface area contributed by atoms with Crippen molar-refractivity contribution in [1.29, 1.82) is 0 Å². The molecule has 3 aliphatic rings. The number of carbonyl (C=O) groups excluding carboxylic acids is 1. The van der Waals surface area contributed by atoms with Gasteiger partial charge >= 0.3 is 5.97 Å². The Hall–Kier alpha value is -3.30. The predicted molar refractivity (Wildman–Crippen MR) is 107 cm³/mol. The molecule has 9 heteroatoms. The smallest absolute Gasteiger partial charge is 0.305 e. The van der Waals surface area contributed by atoms with E-state index < -0.39 is 24.3 Å². The molecular formula is C22H21NO8. The molecule has 3 aliphatic heterocycles. The number of nitrogens with one attached hydrogen (secondary N) is 1. The van der Waals surface area contributed by atoms with Gasteiger partial charge in [-0.15, -0.1) is 0 Å². The zero-order chi connectivity index (χ0) is 21.5. The maximum Gasteiger partial charge on any atom is 0.305 e. The molecule has 0 aromatic heterocycles. The molecule has 3 N–H and O–H groups in total. The summed E-state index contributed by atoms with van der Waals surface area (Å²) in [5.41, 5.74) is 1.89. The van der Waals surface area contributed by atoms with E-state index in [4.69, 9.17) is 24.1 Å². The molecule has 2 aromatic carbocycles. The molecule has 0 radical (unpaired) electrons. The Morgan fingerprint density at radius 2 is 1.87 bits per heavy atom. The summed E-state index contributed by atoms with van der Waals surface area (Å²) in [6.07, 6.45) is -1.21. The van der Waals surface area contributed by atoms with E-state index in [0.717, 1.165) is 5.56 Å². The third-order valence-corrected chi connectivity index (χ3v) is 5.79. The molecule has 0 saturated carbocycles. The fraction of sp³-hybridized carbons (Fsp3) is 0.364. The summed E-state index contributed by atoms with van der Waals surface area (Å²) in [4.78, 5) is 23.9. The highest BCUT2D eigenvalue weighted by atomic mass is 16.7. The van der Waals surface area contributed by atoms with Gasteiger partial charge in [-0.1, -0.05) is 0 Å². The molecule has 3 heterocycles. The number of hydrogen-bond donors (Lipinski definition) is 3. The number of anilines is 1. The number of benzene rings is 2. The van der Waals surface area contributed by atoms with Crippen LogP contribution in [0.3, 0.4) is 0 Å². The van der Waals surface area contributed by atoms with Crippen molar-refractivity contribution >= 4 is 17.6 Å². The summed E-state index contributed by atoms with van der Waals surface area (Å²) >= 11 is 0. The number of amides is 1. The molecule has 9 nitrogen and oxygen atoms in total. The number of carboxylic acid groups (broad SMARTS) is 1. The molecule has 0 aliphatic carbocycles. The first-order valence-corrected chi connectivity index (χ1v) is 10.0. The minimum atomic E-state index is -0.955. The first-order valence-electron chi connectivity index (χ1n) is 10.0. The Morgan fingerprint density at radius 3 is 2.68 bits per heavy atom. The Balaban J connectivity index is 1.36. The number of aliphatic hydroxyl groups is 1. The zero-order valence-corrected chi connectivity index (χ0v) is 16.4. The lowest BCUT2D eigenvalue weighted by Gasteiger charge is -2.36. The number of rotatable bonds is 5. The number of ether oxygens (including phenoxy) is 4. The summed E-state index contributed by atoms with van der Waals surface area (Å²) in [7, 11) is 0. The Bertz CT molecular complexity index is 1040. The van der Waals surface area contributed by atoms with Crippen molar-refractivity contribution in [2.24, 2.45) is 0 Å². The van der Waals surface area contributed by atoms with E-state index in [-0.39, 0.29) is 31.6 Å². The highest BCUT2D eigenvalue weighted by molar-refractivity contribution is 6.04. The normalized spacial score (nSPS) is 25.3. The third-order valence-electron chi connectivity index (χ3n) is 5.79. The van der Waals surface area contributed by atoms with Crippen molar-refractivity contribution in [2.75, 3.05) is 18.7 Å². The van der Waals surface area contributed by atoms with Crippen LogP contribution >= 0.6 is 0 Å². The standard InChI is InChI=1S/C22H21NO8/c24-9-19-21-15(7-13(30-19)8-20(25)26)14-6-12(2-4-16(14)31-21)23-22(27)11-1-3-17-18(5-11)29-10-28-17/h1-6,13,15,19,21,24H,7-10H2,(H,23,27)(H,25,26)/t13-,15+,19+,21-/m0/s1. The number of hydrogen-bond acceptors (Lipinski definition) is 7. The molecular weight excluding hydrogens is 406 g/mol. The lowest BCUT2D eigenvalue weighted by atomic mass is 9.84. The van der Waals surface area contributed by atoms with Crippen molar-refractivity contribution < 1.29 is 38.7 Å². The Kier molecular flexibility index (Phi) is 4.91. The van der Waals surface area contributed by atoms with E-state index in [2.05, 4.69) is 5.32 Å². The van der Waals surface area contributed by atoms with Crippen molar-refractivity contribution in [1.82, 2.24) is 0 Å². The molecule has 0 unspecified atom stereocenters. The van der Waals surface area contributed by atoms with Gasteiger partial charge in [-0.25, -0.2) is 0 Å². The minimum absolute atomic E-state index is 0.132. The number of fused-ring (bicyclic) bond motifs is 4. The largest absolute Gasteiger partial charge is 0.487 e. The second kappa shape index (κ2) is 7.75. The van der Waals surface area contributed by atoms with Crippen LogP contribution in [-0.4, -0.2) is 53.8 Å². The van der Waals surface area contributed by atoms with Gasteiger partial charge in [-0.05, 0) is 42.8 Å². The van der Waals surface area contributed by atoms with Gasteiger partial charge in [0.2, 0.25) is 6.79 Å². The molecule has 4 atom stereocenters. The maximum absolute atomic E-state index is 12.7. The maximum atomic E-state index is 12.7. The van der Waals surface area contributed by atoms with Gasteiger partial charge in [0.15, 0.2) is 11.5 Å². The second-order valence-corrected chi connectivity index (χ2v) is 7.78. The van der Waals surface area contributed by atoms with Gasteiger partial charge in [0.1, 0.15) is 18.0 Å². The fourth-order valence-corrected chi connectivity index (χ4v) is 4.40. The van der Waals surface area contributed by atoms with Gasteiger partial charge in [0, 0.05) is 22.7 Å². The quantitative estimate of drug-likeness (QED) is 0.663. The lowest BCUT2D eigenvalue weighted by molar-refractivity contribution is -0.153. The number of carboxylic acids is 1. The summed E-state index contributed by atoms with van der Waals surface area (Å²) < 4.78 is 22.3. The summed E-state index contributed by atoms with van der Waals surface area (Å²) in [5, 5.41) is 21.7. The average molecular weight is 427 g/mol. The van der Waals surface area contributed by atoms with Crippen LogP contribution in [0, 0.1) is 0 Å². The monoisotopic (exact) mass is 427 g/mol. The van der Waals surface area contributed by atoms with Gasteiger partial charge < -0.3 is 34.5 Å². The molecule has 0 bridgehead atoms. The number of aliphatic hydroxyl groups excluding tert-OH is 1. The zero-order valence-electron chi connectivity index (χ0n) is 16.4. The van der Waals surface area contributed by atoms with E-state index in [1.165, 1.54) is 0 Å². The lowest BCUT2D eigenvalue weighted by Crippen LogP contribution is -2.46. The van der Waals surface area contributed by atoms with E-state index in [9.17, 15) is 14.7 Å². The van der Waals surface area contributed by atoms with Crippen LogP contribution in [0.15, 0.2) is 36.4 Å². The summed E-state index contributed by atoms with van der Waals surface area (Å²) in [5.74, 6) is 0.397. The van der Waals surface area contributed by atoms with Crippen LogP contribution in [-0.2, 0) is 9.53 Å². The Morgan fingerprint density at radius 1 is 1.06 bits per heavy atom. The molecule has 1 saturated heterocycles. The number of carbonyl (C=O) groups is 2. The van der Waals surface area contributed by atoms with Gasteiger partial charge in [0.05, 0.1) is 19.1 Å². The van der Waals surface area contributed by atoms with E-state index >= 15 is 0 Å². The minimum Gasteiger partial charge on any atom is -0.487 e. The Labute approximate surface area is 177 Å². The van der Waals surface area contributed by atoms with E-state index in [1.807, 2.05) is 6.07 Å². The summed E-state index contributed by atoms with van der Waals surface area (Å²) in [6.45, 7) is -0.131. The predicted octanol–water partition coefficient (Wildman–Crippen LogP) is 2.14. The molecule has 1 amide bonds. The topological polar surface area (TPSA) is 124 Å². The highest BCUT2D eigenvalue weighted by Crippen LogP contribution is 2.47. The van der Waals surface area contributed by atoms with Gasteiger partial charge in [-0.2, -0.15) is 0 Å². The van der Waals surface area contributed by atoms with Crippen molar-refractivity contribution in [3.8, 4) is 17.2 Å². The van der Waals surface area contributed by atoms with Crippen LogP contribution in [0.25, 0.3) is 0 Å². The molecule has 5 rings (SSSR count). The first kappa shape index (κ1) is 19.7. The molecule has 2 aromatic rings. The summed E-state index contributed by atoms with van der Waals surface area (Å²) in [6, 6.07) is 10.3. The van der Waals surface area contributed by atoms with E-state index in [0.29, 0.717) is 34.9 Å². The van der Waals surface area contributed by atoms with Gasteiger partial charge in [0.25, 0.3) is 5.91 Å². The van der Waals surface area contributed by atoms with Crippen LogP contribution in [0.5, 0.6) is 17.2 Å². The third kappa shape index (κ3) is 3.66. The average Bonchev–Trinajstić information content (AvgIpc) is 3.36. The molecule has 162 valence electrons. The molecule has 31 heavy (non-hydrogen) atoms. The highest BCUT2D eigenvalue weighted by Gasteiger charge is 2.46. The van der Waals surface area contributed by atoms with Crippen LogP contribution in [0.1, 0.15) is 34.7 Å². The second-order valence-electron chi connectivity index (χ2n) is 7.78. The van der Waals surface area contributed by atoms with Gasteiger partial charge in [-0.3, -0.25) is 9.59 Å². The fourth-order valence-electron chi connectivity index (χ4n) is 4.40. The van der Waals surface area contributed by atoms with E-state index in [1.54, 1.807) is 30.3 Å².